The van der Waals surface area contributed by atoms with Gasteiger partial charge in [0.25, 0.3) is 0 Å². The highest BCUT2D eigenvalue weighted by molar-refractivity contribution is 5.45. The van der Waals surface area contributed by atoms with Gasteiger partial charge in [0.1, 0.15) is 0 Å². The average Bonchev–Trinajstić information content (AvgIpc) is 2.66. The zero-order valence-corrected chi connectivity index (χ0v) is 8.55. The summed E-state index contributed by atoms with van der Waals surface area (Å²) in [4.78, 5) is 3.99. The molecule has 0 radical (unpaired) electrons. The summed E-state index contributed by atoms with van der Waals surface area (Å²) in [5.41, 5.74) is 7.85. The number of benzene rings is 1. The lowest BCUT2D eigenvalue weighted by molar-refractivity contribution is 0.185. The number of aromatic nitrogens is 2. The summed E-state index contributed by atoms with van der Waals surface area (Å²) in [5, 5.41) is 0. The molecule has 0 saturated carbocycles. The number of anilines is 1. The van der Waals surface area contributed by atoms with Gasteiger partial charge in [-0.05, 0) is 6.07 Å². The van der Waals surface area contributed by atoms with Crippen molar-refractivity contribution in [2.75, 3.05) is 12.8 Å². The number of nitrogens with zero attached hydrogens (tertiary/aromatic N) is 2. The molecule has 0 spiro atoms. The SMILES string of the molecule is COCc1ccccc1-n1ccnc1N. The highest BCUT2D eigenvalue weighted by Crippen LogP contribution is 2.17. The van der Waals surface area contributed by atoms with Crippen LogP contribution in [0.3, 0.4) is 0 Å². The van der Waals surface area contributed by atoms with Gasteiger partial charge in [0.15, 0.2) is 0 Å². The Morgan fingerprint density at radius 2 is 2.20 bits per heavy atom. The Morgan fingerprint density at radius 3 is 2.87 bits per heavy atom. The molecule has 0 aliphatic rings. The van der Waals surface area contributed by atoms with Crippen LogP contribution >= 0.6 is 0 Å². The summed E-state index contributed by atoms with van der Waals surface area (Å²) < 4.78 is 6.97. The second-order valence-corrected chi connectivity index (χ2v) is 3.22. The molecular formula is C11H13N3O. The molecule has 0 aliphatic carbocycles. The van der Waals surface area contributed by atoms with Gasteiger partial charge < -0.3 is 10.5 Å². The molecule has 4 heteroatoms. The fourth-order valence-corrected chi connectivity index (χ4v) is 1.54. The maximum atomic E-state index is 5.75. The van der Waals surface area contributed by atoms with E-state index in [-0.39, 0.29) is 0 Å². The minimum atomic E-state index is 0.485. The molecule has 2 rings (SSSR count). The molecule has 0 fully saturated rings. The highest BCUT2D eigenvalue weighted by atomic mass is 16.5. The van der Waals surface area contributed by atoms with Crippen molar-refractivity contribution in [2.45, 2.75) is 6.61 Å². The second kappa shape index (κ2) is 4.14. The van der Waals surface area contributed by atoms with Crippen LogP contribution in [0.5, 0.6) is 0 Å². The Hall–Kier alpha value is -1.81. The minimum Gasteiger partial charge on any atom is -0.380 e. The van der Waals surface area contributed by atoms with Gasteiger partial charge in [-0.1, -0.05) is 18.2 Å². The van der Waals surface area contributed by atoms with Crippen LogP contribution in [0.4, 0.5) is 5.95 Å². The number of ether oxygens (including phenoxy) is 1. The van der Waals surface area contributed by atoms with E-state index in [9.17, 15) is 0 Å². The van der Waals surface area contributed by atoms with Gasteiger partial charge in [-0.25, -0.2) is 4.98 Å². The van der Waals surface area contributed by atoms with E-state index in [1.165, 1.54) is 0 Å². The maximum absolute atomic E-state index is 5.75. The van der Waals surface area contributed by atoms with E-state index >= 15 is 0 Å². The second-order valence-electron chi connectivity index (χ2n) is 3.22. The van der Waals surface area contributed by atoms with E-state index < -0.39 is 0 Å². The number of nitrogen functional groups attached to an aromatic ring is 1. The smallest absolute Gasteiger partial charge is 0.204 e. The molecule has 1 heterocycles. The number of hydrogen-bond acceptors (Lipinski definition) is 3. The molecule has 0 bridgehead atoms. The first-order chi connectivity index (χ1) is 7.33. The summed E-state index contributed by atoms with van der Waals surface area (Å²) in [6.45, 7) is 0.563. The van der Waals surface area contributed by atoms with Crippen molar-refractivity contribution in [1.29, 1.82) is 0 Å². The number of para-hydroxylation sites is 1. The van der Waals surface area contributed by atoms with E-state index in [0.717, 1.165) is 11.3 Å². The Morgan fingerprint density at radius 1 is 1.40 bits per heavy atom. The molecule has 0 amide bonds. The summed E-state index contributed by atoms with van der Waals surface area (Å²) in [5.74, 6) is 0.485. The van der Waals surface area contributed by atoms with Crippen molar-refractivity contribution >= 4 is 5.95 Å². The molecule has 2 aromatic rings. The first-order valence-electron chi connectivity index (χ1n) is 4.69. The summed E-state index contributed by atoms with van der Waals surface area (Å²) >= 11 is 0. The molecule has 1 aromatic carbocycles. The normalized spacial score (nSPS) is 10.5. The van der Waals surface area contributed by atoms with E-state index in [0.29, 0.717) is 12.6 Å². The predicted octanol–water partition coefficient (Wildman–Crippen LogP) is 1.60. The van der Waals surface area contributed by atoms with E-state index in [2.05, 4.69) is 4.98 Å². The van der Waals surface area contributed by atoms with Gasteiger partial charge in [-0.2, -0.15) is 0 Å². The number of imidazole rings is 1. The van der Waals surface area contributed by atoms with Crippen molar-refractivity contribution in [3.63, 3.8) is 0 Å². The third kappa shape index (κ3) is 1.85. The lowest BCUT2D eigenvalue weighted by Crippen LogP contribution is -2.03. The molecule has 15 heavy (non-hydrogen) atoms. The summed E-state index contributed by atoms with van der Waals surface area (Å²) in [6.07, 6.45) is 3.52. The Labute approximate surface area is 88.3 Å². The molecule has 4 nitrogen and oxygen atoms in total. The van der Waals surface area contributed by atoms with Crippen molar-refractivity contribution in [3.05, 3.63) is 42.2 Å². The Balaban J connectivity index is 2.48. The van der Waals surface area contributed by atoms with Gasteiger partial charge in [0.2, 0.25) is 5.95 Å². The Bertz CT molecular complexity index is 451. The van der Waals surface area contributed by atoms with E-state index in [1.54, 1.807) is 13.3 Å². The van der Waals surface area contributed by atoms with Crippen LogP contribution in [0.2, 0.25) is 0 Å². The first kappa shape index (κ1) is 9.73. The van der Waals surface area contributed by atoms with Gasteiger partial charge in [-0.3, -0.25) is 4.57 Å². The average molecular weight is 203 g/mol. The minimum absolute atomic E-state index is 0.485. The fourth-order valence-electron chi connectivity index (χ4n) is 1.54. The van der Waals surface area contributed by atoms with E-state index in [4.69, 9.17) is 10.5 Å². The summed E-state index contributed by atoms with van der Waals surface area (Å²) in [6, 6.07) is 7.95. The number of hydrogen-bond donors (Lipinski definition) is 1. The van der Waals surface area contributed by atoms with Crippen LogP contribution in [0.25, 0.3) is 5.69 Å². The molecular weight excluding hydrogens is 190 g/mol. The highest BCUT2D eigenvalue weighted by Gasteiger charge is 2.05. The van der Waals surface area contributed by atoms with Crippen LogP contribution in [-0.2, 0) is 11.3 Å². The van der Waals surface area contributed by atoms with Crippen LogP contribution in [0.1, 0.15) is 5.56 Å². The Kier molecular flexibility index (Phi) is 2.69. The lowest BCUT2D eigenvalue weighted by atomic mass is 10.2. The predicted molar refractivity (Wildman–Crippen MR) is 58.7 cm³/mol. The first-order valence-corrected chi connectivity index (χ1v) is 4.69. The van der Waals surface area contributed by atoms with Gasteiger partial charge in [0.05, 0.1) is 12.3 Å². The number of methoxy groups -OCH3 is 1. The van der Waals surface area contributed by atoms with Crippen molar-refractivity contribution in [1.82, 2.24) is 9.55 Å². The topological polar surface area (TPSA) is 53.1 Å². The standard InChI is InChI=1S/C11H13N3O/c1-15-8-9-4-2-3-5-10(9)14-7-6-13-11(14)12/h2-7H,8H2,1H3,(H2,12,13). The largest absolute Gasteiger partial charge is 0.380 e. The zero-order chi connectivity index (χ0) is 10.7. The quantitative estimate of drug-likeness (QED) is 0.824. The van der Waals surface area contributed by atoms with Gasteiger partial charge in [0, 0.05) is 25.1 Å². The third-order valence-electron chi connectivity index (χ3n) is 2.22. The number of rotatable bonds is 3. The van der Waals surface area contributed by atoms with Crippen molar-refractivity contribution in [3.8, 4) is 5.69 Å². The molecule has 0 unspecified atom stereocenters. The van der Waals surface area contributed by atoms with Crippen LogP contribution in [0, 0.1) is 0 Å². The molecule has 0 saturated heterocycles. The zero-order valence-electron chi connectivity index (χ0n) is 8.55. The fraction of sp³-hybridized carbons (Fsp3) is 0.182. The van der Waals surface area contributed by atoms with Gasteiger partial charge >= 0.3 is 0 Å². The molecule has 2 N–H and O–H groups in total. The third-order valence-corrected chi connectivity index (χ3v) is 2.22. The van der Waals surface area contributed by atoms with E-state index in [1.807, 2.05) is 35.0 Å². The maximum Gasteiger partial charge on any atom is 0.204 e. The lowest BCUT2D eigenvalue weighted by Gasteiger charge is -2.10. The molecule has 1 aromatic heterocycles. The van der Waals surface area contributed by atoms with Crippen LogP contribution in [-0.4, -0.2) is 16.7 Å². The van der Waals surface area contributed by atoms with Crippen LogP contribution < -0.4 is 5.73 Å². The van der Waals surface area contributed by atoms with Gasteiger partial charge in [-0.15, -0.1) is 0 Å². The monoisotopic (exact) mass is 203 g/mol. The van der Waals surface area contributed by atoms with Crippen molar-refractivity contribution < 1.29 is 4.74 Å². The summed E-state index contributed by atoms with van der Waals surface area (Å²) in [7, 11) is 1.67. The van der Waals surface area contributed by atoms with Crippen LogP contribution in [0.15, 0.2) is 36.7 Å². The molecule has 0 aliphatic heterocycles. The van der Waals surface area contributed by atoms with Crippen molar-refractivity contribution in [2.24, 2.45) is 0 Å². The number of nitrogens with two attached hydrogens (primary N) is 1. The molecule has 0 atom stereocenters. The molecule has 78 valence electrons.